The molecule has 0 radical (unpaired) electrons. The minimum atomic E-state index is 0.492. The Morgan fingerprint density at radius 1 is 1.06 bits per heavy atom. The highest BCUT2D eigenvalue weighted by Gasteiger charge is 2.26. The Labute approximate surface area is 108 Å². The van der Waals surface area contributed by atoms with Crippen molar-refractivity contribution in [1.82, 2.24) is 5.32 Å². The average Bonchev–Trinajstić information content (AvgIpc) is 2.63. The van der Waals surface area contributed by atoms with Crippen molar-refractivity contribution >= 4 is 0 Å². The Hall–Kier alpha value is -0.0800. The second kappa shape index (κ2) is 7.38. The van der Waals surface area contributed by atoms with E-state index in [1.165, 1.54) is 32.1 Å². The second-order valence-corrected chi connectivity index (χ2v) is 6.49. The van der Waals surface area contributed by atoms with Crippen LogP contribution < -0.4 is 5.32 Å². The van der Waals surface area contributed by atoms with Crippen molar-refractivity contribution in [2.45, 2.75) is 78.0 Å². The van der Waals surface area contributed by atoms with Crippen molar-refractivity contribution in [3.05, 3.63) is 0 Å². The Bertz CT molecular complexity index is 193. The van der Waals surface area contributed by atoms with Gasteiger partial charge < -0.3 is 10.1 Å². The molecule has 1 rings (SSSR count). The molecule has 1 aliphatic rings. The van der Waals surface area contributed by atoms with Gasteiger partial charge in [0.05, 0.1) is 6.10 Å². The highest BCUT2D eigenvalue weighted by molar-refractivity contribution is 4.84. The first-order valence-corrected chi connectivity index (χ1v) is 7.30. The average molecular weight is 241 g/mol. The molecule has 0 aromatic rings. The fraction of sp³-hybridized carbons (Fsp3) is 1.00. The molecular weight excluding hydrogens is 210 g/mol. The molecule has 0 saturated heterocycles. The zero-order valence-corrected chi connectivity index (χ0v) is 12.3. The molecule has 17 heavy (non-hydrogen) atoms. The SMILES string of the molecule is COC1CCC(NC(CC(C)C)CC(C)C)C1. The van der Waals surface area contributed by atoms with Crippen molar-refractivity contribution < 1.29 is 4.74 Å². The third kappa shape index (κ3) is 5.87. The van der Waals surface area contributed by atoms with Crippen molar-refractivity contribution in [3.63, 3.8) is 0 Å². The summed E-state index contributed by atoms with van der Waals surface area (Å²) < 4.78 is 5.45. The summed E-state index contributed by atoms with van der Waals surface area (Å²) in [6.45, 7) is 9.28. The van der Waals surface area contributed by atoms with Gasteiger partial charge in [0.25, 0.3) is 0 Å². The van der Waals surface area contributed by atoms with Crippen LogP contribution in [0.3, 0.4) is 0 Å². The number of nitrogens with one attached hydrogen (secondary N) is 1. The Kier molecular flexibility index (Phi) is 6.50. The molecule has 102 valence electrons. The van der Waals surface area contributed by atoms with Crippen LogP contribution >= 0.6 is 0 Å². The number of rotatable bonds is 7. The minimum absolute atomic E-state index is 0.492. The molecule has 0 bridgehead atoms. The maximum atomic E-state index is 5.45. The molecule has 0 heterocycles. The molecule has 2 heteroatoms. The standard InChI is InChI=1S/C15H31NO/c1-11(2)8-14(9-12(3)4)16-13-6-7-15(10-13)17-5/h11-16H,6-10H2,1-5H3. The first kappa shape index (κ1) is 15.0. The number of hydrogen-bond donors (Lipinski definition) is 1. The van der Waals surface area contributed by atoms with E-state index < -0.39 is 0 Å². The summed E-state index contributed by atoms with van der Waals surface area (Å²) in [5.74, 6) is 1.57. The third-order valence-electron chi connectivity index (χ3n) is 3.70. The van der Waals surface area contributed by atoms with E-state index in [2.05, 4.69) is 33.0 Å². The molecule has 2 atom stereocenters. The summed E-state index contributed by atoms with van der Waals surface area (Å²) in [4.78, 5) is 0. The molecule has 0 amide bonds. The van der Waals surface area contributed by atoms with Gasteiger partial charge in [-0.25, -0.2) is 0 Å². The largest absolute Gasteiger partial charge is 0.381 e. The first-order valence-electron chi connectivity index (χ1n) is 7.30. The van der Waals surface area contributed by atoms with E-state index in [4.69, 9.17) is 4.74 Å². The maximum absolute atomic E-state index is 5.45. The lowest BCUT2D eigenvalue weighted by Crippen LogP contribution is -2.39. The molecular formula is C15H31NO. The monoisotopic (exact) mass is 241 g/mol. The lowest BCUT2D eigenvalue weighted by Gasteiger charge is -2.26. The van der Waals surface area contributed by atoms with E-state index in [0.717, 1.165) is 11.8 Å². The van der Waals surface area contributed by atoms with Crippen LogP contribution in [0.1, 0.15) is 59.8 Å². The molecule has 1 aliphatic carbocycles. The number of hydrogen-bond acceptors (Lipinski definition) is 2. The van der Waals surface area contributed by atoms with Crippen LogP contribution in [-0.4, -0.2) is 25.3 Å². The van der Waals surface area contributed by atoms with Crippen LogP contribution in [0, 0.1) is 11.8 Å². The van der Waals surface area contributed by atoms with Crippen molar-refractivity contribution in [2.24, 2.45) is 11.8 Å². The summed E-state index contributed by atoms with van der Waals surface area (Å²) in [5, 5.41) is 3.86. The van der Waals surface area contributed by atoms with E-state index in [0.29, 0.717) is 18.2 Å². The van der Waals surface area contributed by atoms with Crippen LogP contribution in [0.15, 0.2) is 0 Å². The van der Waals surface area contributed by atoms with Gasteiger partial charge in [0.1, 0.15) is 0 Å². The quantitative estimate of drug-likeness (QED) is 0.735. The second-order valence-electron chi connectivity index (χ2n) is 6.49. The fourth-order valence-electron chi connectivity index (χ4n) is 3.01. The van der Waals surface area contributed by atoms with E-state index in [-0.39, 0.29) is 0 Å². The fourth-order valence-corrected chi connectivity index (χ4v) is 3.01. The van der Waals surface area contributed by atoms with Crippen LogP contribution in [0.4, 0.5) is 0 Å². The van der Waals surface area contributed by atoms with E-state index in [1.807, 2.05) is 7.11 Å². The van der Waals surface area contributed by atoms with Gasteiger partial charge in [-0.15, -0.1) is 0 Å². The number of methoxy groups -OCH3 is 1. The summed E-state index contributed by atoms with van der Waals surface area (Å²) in [7, 11) is 1.84. The van der Waals surface area contributed by atoms with E-state index in [1.54, 1.807) is 0 Å². The van der Waals surface area contributed by atoms with Gasteiger partial charge >= 0.3 is 0 Å². The highest BCUT2D eigenvalue weighted by atomic mass is 16.5. The highest BCUT2D eigenvalue weighted by Crippen LogP contribution is 2.23. The smallest absolute Gasteiger partial charge is 0.0586 e. The number of ether oxygens (including phenoxy) is 1. The molecule has 1 N–H and O–H groups in total. The molecule has 2 nitrogen and oxygen atoms in total. The zero-order valence-electron chi connectivity index (χ0n) is 12.3. The predicted molar refractivity (Wildman–Crippen MR) is 74.3 cm³/mol. The van der Waals surface area contributed by atoms with E-state index in [9.17, 15) is 0 Å². The molecule has 2 unspecified atom stereocenters. The van der Waals surface area contributed by atoms with Gasteiger partial charge in [0, 0.05) is 19.2 Å². The van der Waals surface area contributed by atoms with Gasteiger partial charge in [0.2, 0.25) is 0 Å². The Morgan fingerprint density at radius 2 is 1.65 bits per heavy atom. The Balaban J connectivity index is 2.37. The van der Waals surface area contributed by atoms with Crippen LogP contribution in [0.2, 0.25) is 0 Å². The third-order valence-corrected chi connectivity index (χ3v) is 3.70. The molecule has 0 aliphatic heterocycles. The van der Waals surface area contributed by atoms with Gasteiger partial charge in [0.15, 0.2) is 0 Å². The van der Waals surface area contributed by atoms with Crippen LogP contribution in [0.5, 0.6) is 0 Å². The van der Waals surface area contributed by atoms with Gasteiger partial charge in [-0.2, -0.15) is 0 Å². The van der Waals surface area contributed by atoms with Crippen LogP contribution in [0.25, 0.3) is 0 Å². The Morgan fingerprint density at radius 3 is 2.06 bits per heavy atom. The lowest BCUT2D eigenvalue weighted by atomic mass is 9.95. The minimum Gasteiger partial charge on any atom is -0.381 e. The normalized spacial score (nSPS) is 25.4. The summed E-state index contributed by atoms with van der Waals surface area (Å²) in [5.41, 5.74) is 0. The maximum Gasteiger partial charge on any atom is 0.0586 e. The van der Waals surface area contributed by atoms with E-state index >= 15 is 0 Å². The molecule has 1 saturated carbocycles. The van der Waals surface area contributed by atoms with Gasteiger partial charge in [-0.3, -0.25) is 0 Å². The van der Waals surface area contributed by atoms with Crippen LogP contribution in [-0.2, 0) is 4.74 Å². The van der Waals surface area contributed by atoms with Gasteiger partial charge in [-0.05, 0) is 43.9 Å². The first-order chi connectivity index (χ1) is 8.01. The zero-order chi connectivity index (χ0) is 12.8. The molecule has 0 aromatic carbocycles. The summed E-state index contributed by atoms with van der Waals surface area (Å²) in [6.07, 6.45) is 6.79. The van der Waals surface area contributed by atoms with Crippen molar-refractivity contribution in [2.75, 3.05) is 7.11 Å². The summed E-state index contributed by atoms with van der Waals surface area (Å²) in [6, 6.07) is 1.37. The topological polar surface area (TPSA) is 21.3 Å². The molecule has 0 aromatic heterocycles. The lowest BCUT2D eigenvalue weighted by molar-refractivity contribution is 0.106. The molecule has 1 fully saturated rings. The predicted octanol–water partition coefficient (Wildman–Crippen LogP) is 3.60. The van der Waals surface area contributed by atoms with Crippen molar-refractivity contribution in [1.29, 1.82) is 0 Å². The van der Waals surface area contributed by atoms with Crippen molar-refractivity contribution in [3.8, 4) is 0 Å². The molecule has 0 spiro atoms. The van der Waals surface area contributed by atoms with Gasteiger partial charge in [-0.1, -0.05) is 27.7 Å². The summed E-state index contributed by atoms with van der Waals surface area (Å²) >= 11 is 0.